The Morgan fingerprint density at radius 1 is 1.00 bits per heavy atom. The second-order valence-electron chi connectivity index (χ2n) is 7.48. The number of hydrogen-bond acceptors (Lipinski definition) is 3. The fraction of sp³-hybridized carbons (Fsp3) is 0.269. The van der Waals surface area contributed by atoms with E-state index in [2.05, 4.69) is 17.4 Å². The minimum absolute atomic E-state index is 0.0187. The molecule has 0 aliphatic carbocycles. The molecule has 0 fully saturated rings. The summed E-state index contributed by atoms with van der Waals surface area (Å²) < 4.78 is 19.7. The largest absolute Gasteiger partial charge is 0.468 e. The molecule has 3 rings (SSSR count). The molecule has 30 heavy (non-hydrogen) atoms. The van der Waals surface area contributed by atoms with Gasteiger partial charge in [0, 0.05) is 11.6 Å². The van der Waals surface area contributed by atoms with Crippen LogP contribution in [0.5, 0.6) is 0 Å². The van der Waals surface area contributed by atoms with E-state index in [1.54, 1.807) is 6.07 Å². The molecule has 2 atom stereocenters. The van der Waals surface area contributed by atoms with E-state index in [4.69, 9.17) is 4.74 Å². The number of carbonyl (C=O) groups is 1. The van der Waals surface area contributed by atoms with Gasteiger partial charge in [0.2, 0.25) is 0 Å². The van der Waals surface area contributed by atoms with Gasteiger partial charge in [0.05, 0.1) is 13.7 Å². The first-order valence-electron chi connectivity index (χ1n) is 10.3. The van der Waals surface area contributed by atoms with Crippen molar-refractivity contribution in [3.05, 3.63) is 95.8 Å². The summed E-state index contributed by atoms with van der Waals surface area (Å²) in [6.07, 6.45) is 1.71. The number of carbonyl (C=O) groups excluding carboxylic acids is 1. The van der Waals surface area contributed by atoms with Crippen molar-refractivity contribution in [3.8, 4) is 11.1 Å². The highest BCUT2D eigenvalue weighted by molar-refractivity contribution is 5.71. The first kappa shape index (κ1) is 21.7. The third kappa shape index (κ3) is 5.77. The lowest BCUT2D eigenvalue weighted by Gasteiger charge is -2.26. The topological polar surface area (TPSA) is 38.3 Å². The van der Waals surface area contributed by atoms with E-state index < -0.39 is 0 Å². The Hall–Kier alpha value is -2.98. The van der Waals surface area contributed by atoms with E-state index in [1.807, 2.05) is 67.6 Å². The van der Waals surface area contributed by atoms with E-state index in [0.29, 0.717) is 5.56 Å². The number of nitrogens with one attached hydrogen (secondary N) is 1. The summed E-state index contributed by atoms with van der Waals surface area (Å²) in [6, 6.07) is 25.3. The Bertz CT molecular complexity index is 944. The maximum Gasteiger partial charge on any atom is 0.319 e. The third-order valence-electron chi connectivity index (χ3n) is 5.49. The number of esters is 1. The second kappa shape index (κ2) is 10.7. The van der Waals surface area contributed by atoms with Crippen molar-refractivity contribution in [3.63, 3.8) is 0 Å². The molecule has 0 aliphatic rings. The number of methoxy groups -OCH3 is 1. The van der Waals surface area contributed by atoms with Crippen LogP contribution < -0.4 is 5.32 Å². The average molecular weight is 406 g/mol. The van der Waals surface area contributed by atoms with Crippen molar-refractivity contribution in [2.75, 3.05) is 13.7 Å². The molecule has 0 spiro atoms. The smallest absolute Gasteiger partial charge is 0.319 e. The minimum atomic E-state index is -0.311. The predicted molar refractivity (Wildman–Crippen MR) is 119 cm³/mol. The van der Waals surface area contributed by atoms with E-state index in [9.17, 15) is 9.18 Å². The Morgan fingerprint density at radius 3 is 2.30 bits per heavy atom. The van der Waals surface area contributed by atoms with Crippen molar-refractivity contribution in [1.82, 2.24) is 5.32 Å². The van der Waals surface area contributed by atoms with Crippen molar-refractivity contribution < 1.29 is 13.9 Å². The molecular formula is C26H28FNO2. The Morgan fingerprint density at radius 2 is 1.67 bits per heavy atom. The van der Waals surface area contributed by atoms with Gasteiger partial charge in [0.1, 0.15) is 5.82 Å². The molecule has 3 nitrogen and oxygen atoms in total. The van der Waals surface area contributed by atoms with E-state index >= 15 is 0 Å². The second-order valence-corrected chi connectivity index (χ2v) is 7.48. The molecule has 0 saturated carbocycles. The highest BCUT2D eigenvalue weighted by Gasteiger charge is 2.21. The number of ether oxygens (including phenoxy) is 1. The summed E-state index contributed by atoms with van der Waals surface area (Å²) in [5.41, 5.74) is 3.62. The maximum absolute atomic E-state index is 15.0. The van der Waals surface area contributed by atoms with Crippen molar-refractivity contribution in [2.45, 2.75) is 31.7 Å². The van der Waals surface area contributed by atoms with Gasteiger partial charge in [-0.25, -0.2) is 4.39 Å². The van der Waals surface area contributed by atoms with Gasteiger partial charge in [-0.15, -0.1) is 0 Å². The molecule has 0 radical (unpaired) electrons. The summed E-state index contributed by atoms with van der Waals surface area (Å²) >= 11 is 0. The maximum atomic E-state index is 15.0. The Labute approximate surface area is 177 Å². The number of benzene rings is 3. The Kier molecular flexibility index (Phi) is 7.75. The molecular weight excluding hydrogens is 377 g/mol. The van der Waals surface area contributed by atoms with Gasteiger partial charge < -0.3 is 10.1 Å². The lowest BCUT2D eigenvalue weighted by atomic mass is 9.86. The highest BCUT2D eigenvalue weighted by Crippen LogP contribution is 2.30. The van der Waals surface area contributed by atoms with Crippen molar-refractivity contribution in [1.29, 1.82) is 0 Å². The van der Waals surface area contributed by atoms with Gasteiger partial charge in [-0.05, 0) is 48.4 Å². The van der Waals surface area contributed by atoms with E-state index in [1.165, 1.54) is 12.7 Å². The van der Waals surface area contributed by atoms with Gasteiger partial charge in [-0.2, -0.15) is 0 Å². The number of hydrogen-bond donors (Lipinski definition) is 1. The molecule has 0 amide bonds. The molecule has 4 heteroatoms. The molecule has 0 saturated heterocycles. The predicted octanol–water partition coefficient (Wildman–Crippen LogP) is 5.36. The molecule has 0 aliphatic heterocycles. The summed E-state index contributed by atoms with van der Waals surface area (Å²) in [4.78, 5) is 11.6. The van der Waals surface area contributed by atoms with Crippen molar-refractivity contribution in [2.24, 2.45) is 0 Å². The van der Waals surface area contributed by atoms with Gasteiger partial charge in [0.25, 0.3) is 0 Å². The van der Waals surface area contributed by atoms with Gasteiger partial charge in [0.15, 0.2) is 0 Å². The van der Waals surface area contributed by atoms with E-state index in [-0.39, 0.29) is 30.3 Å². The molecule has 0 aromatic heterocycles. The van der Waals surface area contributed by atoms with Gasteiger partial charge in [-0.1, -0.05) is 72.8 Å². The number of halogens is 1. The van der Waals surface area contributed by atoms with Crippen LogP contribution in [0.3, 0.4) is 0 Å². The molecule has 0 bridgehead atoms. The van der Waals surface area contributed by atoms with Crippen LogP contribution in [0.1, 0.15) is 30.4 Å². The van der Waals surface area contributed by atoms with Crippen LogP contribution in [0, 0.1) is 5.82 Å². The fourth-order valence-electron chi connectivity index (χ4n) is 3.74. The lowest BCUT2D eigenvalue weighted by molar-refractivity contribution is -0.139. The van der Waals surface area contributed by atoms with E-state index in [0.717, 1.165) is 24.0 Å². The average Bonchev–Trinajstić information content (AvgIpc) is 2.79. The first-order valence-corrected chi connectivity index (χ1v) is 10.3. The zero-order valence-electron chi connectivity index (χ0n) is 17.5. The SMILES string of the molecule is COC(=O)CNC(C)C(CCc1ccccc1)c1ccc(-c2ccccc2)c(F)c1. The van der Waals surface area contributed by atoms with Gasteiger partial charge >= 0.3 is 5.97 Å². The van der Waals surface area contributed by atoms with Crippen LogP contribution in [-0.2, 0) is 16.0 Å². The summed E-state index contributed by atoms with van der Waals surface area (Å²) in [7, 11) is 1.37. The normalized spacial score (nSPS) is 12.9. The van der Waals surface area contributed by atoms with Crippen LogP contribution in [0.15, 0.2) is 78.9 Å². The minimum Gasteiger partial charge on any atom is -0.468 e. The van der Waals surface area contributed by atoms with Crippen LogP contribution >= 0.6 is 0 Å². The molecule has 1 N–H and O–H groups in total. The zero-order valence-corrected chi connectivity index (χ0v) is 17.5. The standard InChI is InChI=1S/C26H28FNO2/c1-19(28-18-26(29)30-2)23(15-13-20-9-5-3-6-10-20)22-14-16-24(25(27)17-22)21-11-7-4-8-12-21/h3-12,14,16-17,19,23,28H,13,15,18H2,1-2H3. The van der Waals surface area contributed by atoms with Crippen molar-refractivity contribution >= 4 is 5.97 Å². The van der Waals surface area contributed by atoms with Crippen LogP contribution in [-0.4, -0.2) is 25.7 Å². The molecule has 3 aromatic rings. The number of rotatable bonds is 9. The Balaban J connectivity index is 1.82. The highest BCUT2D eigenvalue weighted by atomic mass is 19.1. The van der Waals surface area contributed by atoms with Crippen LogP contribution in [0.4, 0.5) is 4.39 Å². The molecule has 2 unspecified atom stereocenters. The summed E-state index contributed by atoms with van der Waals surface area (Å²) in [6.45, 7) is 2.16. The van der Waals surface area contributed by atoms with Crippen LogP contribution in [0.2, 0.25) is 0 Å². The summed E-state index contributed by atoms with van der Waals surface area (Å²) in [5.74, 6) is -0.493. The first-order chi connectivity index (χ1) is 14.6. The monoisotopic (exact) mass is 405 g/mol. The molecule has 3 aromatic carbocycles. The zero-order chi connectivity index (χ0) is 21.3. The third-order valence-corrected chi connectivity index (χ3v) is 5.49. The summed E-state index contributed by atoms with van der Waals surface area (Å²) in [5, 5.41) is 3.24. The molecule has 0 heterocycles. The lowest BCUT2D eigenvalue weighted by Crippen LogP contribution is -2.36. The van der Waals surface area contributed by atoms with Crippen LogP contribution in [0.25, 0.3) is 11.1 Å². The molecule has 156 valence electrons. The quantitative estimate of drug-likeness (QED) is 0.487. The van der Waals surface area contributed by atoms with Gasteiger partial charge in [-0.3, -0.25) is 4.79 Å². The number of aryl methyl sites for hydroxylation is 1. The fourth-order valence-corrected chi connectivity index (χ4v) is 3.74.